The fraction of sp³-hybridized carbons (Fsp3) is 0.857. The van der Waals surface area contributed by atoms with Crippen LogP contribution < -0.4 is 5.32 Å². The van der Waals surface area contributed by atoms with E-state index in [4.69, 9.17) is 0 Å². The Bertz CT molecular complexity index is 370. The van der Waals surface area contributed by atoms with Gasteiger partial charge < -0.3 is 10.2 Å². The summed E-state index contributed by atoms with van der Waals surface area (Å²) in [5.74, 6) is 0.472. The van der Waals surface area contributed by atoms with Gasteiger partial charge in [-0.1, -0.05) is 6.92 Å². The number of hydrogen-bond donors (Lipinski definition) is 1. The van der Waals surface area contributed by atoms with Crippen molar-refractivity contribution in [3.63, 3.8) is 0 Å². The number of carbonyl (C=O) groups excluding carboxylic acids is 2. The molecule has 2 atom stereocenters. The molecule has 108 valence electrons. The third kappa shape index (κ3) is 3.25. The number of nitrogens with one attached hydrogen (secondary N) is 1. The van der Waals surface area contributed by atoms with E-state index in [2.05, 4.69) is 18.5 Å². The fourth-order valence-electron chi connectivity index (χ4n) is 2.68. The van der Waals surface area contributed by atoms with E-state index in [1.54, 1.807) is 0 Å². The molecule has 0 bridgehead atoms. The van der Waals surface area contributed by atoms with Crippen LogP contribution in [0.5, 0.6) is 0 Å². The second kappa shape index (κ2) is 5.73. The molecule has 5 heteroatoms. The normalized spacial score (nSPS) is 29.9. The molecule has 2 rings (SSSR count). The standard InChI is InChI=1S/C14H24N2O2S/c1-10(19-3)6-8-16-9-7-12(17)15-14(2,13(16)18)11-4-5-11/h10-11H,4-9H2,1-3H3,(H,15,17). The van der Waals surface area contributed by atoms with Gasteiger partial charge in [-0.2, -0.15) is 11.8 Å². The molecule has 1 saturated carbocycles. The first kappa shape index (κ1) is 14.7. The van der Waals surface area contributed by atoms with Gasteiger partial charge in [0, 0.05) is 24.8 Å². The van der Waals surface area contributed by atoms with Crippen molar-refractivity contribution in [1.29, 1.82) is 0 Å². The zero-order chi connectivity index (χ0) is 14.0. The van der Waals surface area contributed by atoms with Gasteiger partial charge in [0.25, 0.3) is 0 Å². The summed E-state index contributed by atoms with van der Waals surface area (Å²) in [6.07, 6.45) is 5.62. The Labute approximate surface area is 119 Å². The largest absolute Gasteiger partial charge is 0.342 e. The fourth-order valence-corrected chi connectivity index (χ4v) is 3.02. The van der Waals surface area contributed by atoms with Gasteiger partial charge in [0.15, 0.2) is 0 Å². The SMILES string of the molecule is CSC(C)CCN1CCC(=O)NC(C)(C2CC2)C1=O. The maximum atomic E-state index is 12.7. The lowest BCUT2D eigenvalue weighted by Crippen LogP contribution is -2.56. The Kier molecular flexibility index (Phi) is 4.43. The van der Waals surface area contributed by atoms with Gasteiger partial charge in [-0.3, -0.25) is 9.59 Å². The van der Waals surface area contributed by atoms with Crippen molar-refractivity contribution in [2.45, 2.75) is 50.3 Å². The molecule has 1 aliphatic heterocycles. The molecule has 19 heavy (non-hydrogen) atoms. The zero-order valence-corrected chi connectivity index (χ0v) is 12.9. The number of rotatable bonds is 5. The van der Waals surface area contributed by atoms with Crippen LogP contribution in [0.25, 0.3) is 0 Å². The maximum absolute atomic E-state index is 12.7. The van der Waals surface area contributed by atoms with Crippen molar-refractivity contribution in [2.24, 2.45) is 5.92 Å². The summed E-state index contributed by atoms with van der Waals surface area (Å²) in [7, 11) is 0. The van der Waals surface area contributed by atoms with Gasteiger partial charge in [0.05, 0.1) is 0 Å². The summed E-state index contributed by atoms with van der Waals surface area (Å²) in [4.78, 5) is 26.4. The van der Waals surface area contributed by atoms with E-state index in [-0.39, 0.29) is 11.8 Å². The Morgan fingerprint density at radius 3 is 2.74 bits per heavy atom. The van der Waals surface area contributed by atoms with Crippen molar-refractivity contribution in [3.05, 3.63) is 0 Å². The topological polar surface area (TPSA) is 49.4 Å². The molecule has 2 amide bonds. The van der Waals surface area contributed by atoms with Crippen molar-refractivity contribution < 1.29 is 9.59 Å². The quantitative estimate of drug-likeness (QED) is 0.835. The third-order valence-electron chi connectivity index (χ3n) is 4.34. The molecule has 1 aliphatic carbocycles. The van der Waals surface area contributed by atoms with Crippen LogP contribution in [0.4, 0.5) is 0 Å². The molecule has 2 aliphatic rings. The Morgan fingerprint density at radius 2 is 2.16 bits per heavy atom. The highest BCUT2D eigenvalue weighted by atomic mass is 32.2. The molecule has 0 aromatic heterocycles. The molecule has 0 aromatic rings. The van der Waals surface area contributed by atoms with E-state index < -0.39 is 5.54 Å². The minimum atomic E-state index is -0.657. The summed E-state index contributed by atoms with van der Waals surface area (Å²) in [6.45, 7) is 5.41. The average Bonchev–Trinajstić information content (AvgIpc) is 3.21. The van der Waals surface area contributed by atoms with Crippen LogP contribution >= 0.6 is 11.8 Å². The van der Waals surface area contributed by atoms with E-state index >= 15 is 0 Å². The third-order valence-corrected chi connectivity index (χ3v) is 5.38. The summed E-state index contributed by atoms with van der Waals surface area (Å²) in [6, 6.07) is 0. The predicted molar refractivity (Wildman–Crippen MR) is 78.1 cm³/mol. The number of carbonyl (C=O) groups is 2. The number of hydrogen-bond acceptors (Lipinski definition) is 3. The molecule has 2 unspecified atom stereocenters. The van der Waals surface area contributed by atoms with Gasteiger partial charge in [-0.15, -0.1) is 0 Å². The van der Waals surface area contributed by atoms with Crippen LogP contribution in [-0.2, 0) is 9.59 Å². The van der Waals surface area contributed by atoms with Crippen LogP contribution in [0.1, 0.15) is 39.5 Å². The summed E-state index contributed by atoms with van der Waals surface area (Å²) in [5, 5.41) is 3.51. The lowest BCUT2D eigenvalue weighted by molar-refractivity contribution is -0.139. The number of nitrogens with zero attached hydrogens (tertiary/aromatic N) is 1. The second-order valence-electron chi connectivity index (χ2n) is 5.90. The van der Waals surface area contributed by atoms with Gasteiger partial charge >= 0.3 is 0 Å². The van der Waals surface area contributed by atoms with Crippen LogP contribution in [0.3, 0.4) is 0 Å². The van der Waals surface area contributed by atoms with E-state index in [9.17, 15) is 9.59 Å². The predicted octanol–water partition coefficient (Wildman–Crippen LogP) is 1.65. The summed E-state index contributed by atoms with van der Waals surface area (Å²) >= 11 is 1.82. The van der Waals surface area contributed by atoms with E-state index in [0.717, 1.165) is 25.8 Å². The molecule has 1 saturated heterocycles. The lowest BCUT2D eigenvalue weighted by atomic mass is 9.94. The monoisotopic (exact) mass is 284 g/mol. The Balaban J connectivity index is 2.06. The van der Waals surface area contributed by atoms with Crippen LogP contribution in [0.15, 0.2) is 0 Å². The van der Waals surface area contributed by atoms with E-state index in [0.29, 0.717) is 24.1 Å². The van der Waals surface area contributed by atoms with Crippen LogP contribution in [0.2, 0.25) is 0 Å². The van der Waals surface area contributed by atoms with Crippen LogP contribution in [-0.4, -0.2) is 46.8 Å². The number of amides is 2. The highest BCUT2D eigenvalue weighted by Crippen LogP contribution is 2.41. The molecule has 1 heterocycles. The van der Waals surface area contributed by atoms with Crippen molar-refractivity contribution in [1.82, 2.24) is 10.2 Å². The molecule has 0 radical (unpaired) electrons. The zero-order valence-electron chi connectivity index (χ0n) is 12.1. The van der Waals surface area contributed by atoms with Crippen LogP contribution in [0, 0.1) is 5.92 Å². The highest BCUT2D eigenvalue weighted by molar-refractivity contribution is 7.99. The second-order valence-corrected chi connectivity index (χ2v) is 7.18. The Morgan fingerprint density at radius 1 is 1.47 bits per heavy atom. The van der Waals surface area contributed by atoms with Gasteiger partial charge in [-0.05, 0) is 38.4 Å². The van der Waals surface area contributed by atoms with Gasteiger partial charge in [0.2, 0.25) is 11.8 Å². The minimum Gasteiger partial charge on any atom is -0.342 e. The molecule has 1 N–H and O–H groups in total. The molecule has 0 spiro atoms. The summed E-state index contributed by atoms with van der Waals surface area (Å²) < 4.78 is 0. The summed E-state index contributed by atoms with van der Waals surface area (Å²) in [5.41, 5.74) is -0.657. The average molecular weight is 284 g/mol. The number of thioether (sulfide) groups is 1. The smallest absolute Gasteiger partial charge is 0.248 e. The minimum absolute atomic E-state index is 0.0168. The highest BCUT2D eigenvalue weighted by Gasteiger charge is 2.50. The van der Waals surface area contributed by atoms with E-state index in [1.165, 1.54) is 0 Å². The van der Waals surface area contributed by atoms with Crippen molar-refractivity contribution in [2.75, 3.05) is 19.3 Å². The molecular formula is C14H24N2O2S. The molecule has 2 fully saturated rings. The Hall–Kier alpha value is -0.710. The van der Waals surface area contributed by atoms with Crippen molar-refractivity contribution in [3.8, 4) is 0 Å². The van der Waals surface area contributed by atoms with Crippen molar-refractivity contribution >= 4 is 23.6 Å². The van der Waals surface area contributed by atoms with Gasteiger partial charge in [0.1, 0.15) is 5.54 Å². The molecule has 4 nitrogen and oxygen atoms in total. The molecular weight excluding hydrogens is 260 g/mol. The first-order valence-corrected chi connectivity index (χ1v) is 8.39. The van der Waals surface area contributed by atoms with E-state index in [1.807, 2.05) is 23.6 Å². The lowest BCUT2D eigenvalue weighted by Gasteiger charge is -2.32. The molecule has 0 aromatic carbocycles. The first-order chi connectivity index (χ1) is 8.97. The maximum Gasteiger partial charge on any atom is 0.248 e. The first-order valence-electron chi connectivity index (χ1n) is 7.10. The van der Waals surface area contributed by atoms with Gasteiger partial charge in [-0.25, -0.2) is 0 Å².